The van der Waals surface area contributed by atoms with Crippen LogP contribution in [0.2, 0.25) is 0 Å². The van der Waals surface area contributed by atoms with Gasteiger partial charge in [0.15, 0.2) is 0 Å². The van der Waals surface area contributed by atoms with Gasteiger partial charge in [-0.05, 0) is 30.6 Å². The predicted octanol–water partition coefficient (Wildman–Crippen LogP) is 1.97. The van der Waals surface area contributed by atoms with Crippen LogP contribution in [0, 0.1) is 17.8 Å². The van der Waals surface area contributed by atoms with Crippen LogP contribution in [-0.4, -0.2) is 19.3 Å². The van der Waals surface area contributed by atoms with E-state index in [4.69, 9.17) is 0 Å². The molecule has 2 N–H and O–H groups in total. The number of nitrogens with one attached hydrogen (secondary N) is 2. The van der Waals surface area contributed by atoms with Gasteiger partial charge in [0.05, 0.1) is 0 Å². The first-order valence-corrected chi connectivity index (χ1v) is 6.30. The van der Waals surface area contributed by atoms with Gasteiger partial charge in [0.25, 0.3) is 0 Å². The highest BCUT2D eigenvalue weighted by molar-refractivity contribution is 4.94. The fraction of sp³-hybridized carbons (Fsp3) is 1.00. The number of rotatable bonds is 3. The van der Waals surface area contributed by atoms with Crippen LogP contribution in [0.15, 0.2) is 0 Å². The van der Waals surface area contributed by atoms with Crippen molar-refractivity contribution in [1.82, 2.24) is 10.6 Å². The maximum Gasteiger partial charge on any atom is 0.0457 e. The molecule has 82 valence electrons. The van der Waals surface area contributed by atoms with E-state index >= 15 is 0 Å². The lowest BCUT2D eigenvalue weighted by atomic mass is 9.81. The monoisotopic (exact) mass is 196 g/mol. The molecule has 3 unspecified atom stereocenters. The Labute approximate surface area is 87.8 Å². The second kappa shape index (κ2) is 4.63. The second-order valence-corrected chi connectivity index (χ2v) is 4.93. The molecule has 0 aromatic heterocycles. The van der Waals surface area contributed by atoms with Crippen molar-refractivity contribution in [2.45, 2.75) is 45.6 Å². The first-order chi connectivity index (χ1) is 6.86. The molecule has 0 aromatic carbocycles. The van der Waals surface area contributed by atoms with Crippen LogP contribution in [0.5, 0.6) is 0 Å². The van der Waals surface area contributed by atoms with Crippen LogP contribution >= 0.6 is 0 Å². The normalized spacial score (nSPS) is 43.3. The lowest BCUT2D eigenvalue weighted by Gasteiger charge is -2.29. The lowest BCUT2D eigenvalue weighted by molar-refractivity contribution is 0.240. The summed E-state index contributed by atoms with van der Waals surface area (Å²) in [5.74, 6) is 2.91. The van der Waals surface area contributed by atoms with Crippen molar-refractivity contribution in [1.29, 1.82) is 0 Å². The van der Waals surface area contributed by atoms with Gasteiger partial charge in [-0.2, -0.15) is 0 Å². The van der Waals surface area contributed by atoms with E-state index in [1.54, 1.807) is 0 Å². The average Bonchev–Trinajstić information content (AvgIpc) is 2.85. The third-order valence-electron chi connectivity index (χ3n) is 4.36. The fourth-order valence-corrected chi connectivity index (χ4v) is 3.58. The highest BCUT2D eigenvalue weighted by Gasteiger charge is 2.39. The molecule has 2 fully saturated rings. The van der Waals surface area contributed by atoms with Gasteiger partial charge in [0, 0.05) is 19.3 Å². The molecule has 1 aliphatic carbocycles. The van der Waals surface area contributed by atoms with Crippen molar-refractivity contribution < 1.29 is 0 Å². The Morgan fingerprint density at radius 2 is 1.71 bits per heavy atom. The van der Waals surface area contributed by atoms with Gasteiger partial charge < -0.3 is 10.6 Å². The van der Waals surface area contributed by atoms with Crippen LogP contribution in [0.25, 0.3) is 0 Å². The fourth-order valence-electron chi connectivity index (χ4n) is 3.58. The predicted molar refractivity (Wildman–Crippen MR) is 60.1 cm³/mol. The van der Waals surface area contributed by atoms with Crippen LogP contribution in [0.3, 0.4) is 0 Å². The quantitative estimate of drug-likeness (QED) is 0.721. The number of hydrogen-bond donors (Lipinski definition) is 2. The van der Waals surface area contributed by atoms with E-state index < -0.39 is 0 Å². The number of hydrogen-bond acceptors (Lipinski definition) is 2. The highest BCUT2D eigenvalue weighted by Crippen LogP contribution is 2.42. The van der Waals surface area contributed by atoms with E-state index in [1.807, 2.05) is 0 Å². The molecule has 2 nitrogen and oxygen atoms in total. The molecule has 2 heteroatoms. The van der Waals surface area contributed by atoms with Gasteiger partial charge in [-0.25, -0.2) is 0 Å². The van der Waals surface area contributed by atoms with Gasteiger partial charge in [-0.1, -0.05) is 26.7 Å². The Morgan fingerprint density at radius 1 is 1.07 bits per heavy atom. The minimum atomic E-state index is 0.757. The topological polar surface area (TPSA) is 24.1 Å². The van der Waals surface area contributed by atoms with Crippen molar-refractivity contribution in [3.05, 3.63) is 0 Å². The summed E-state index contributed by atoms with van der Waals surface area (Å²) >= 11 is 0. The molecular formula is C12H24N2. The Bertz CT molecular complexity index is 163. The zero-order valence-corrected chi connectivity index (χ0v) is 9.55. The maximum atomic E-state index is 3.62. The smallest absolute Gasteiger partial charge is 0.0457 e. The highest BCUT2D eigenvalue weighted by atomic mass is 15.2. The Morgan fingerprint density at radius 3 is 2.14 bits per heavy atom. The van der Waals surface area contributed by atoms with Crippen molar-refractivity contribution >= 4 is 0 Å². The van der Waals surface area contributed by atoms with E-state index in [2.05, 4.69) is 24.5 Å². The van der Waals surface area contributed by atoms with Gasteiger partial charge in [-0.15, -0.1) is 0 Å². The summed E-state index contributed by atoms with van der Waals surface area (Å²) in [7, 11) is 0. The third-order valence-corrected chi connectivity index (χ3v) is 4.36. The Hall–Kier alpha value is -0.0800. The lowest BCUT2D eigenvalue weighted by Crippen LogP contribution is -2.38. The second-order valence-electron chi connectivity index (χ2n) is 4.93. The summed E-state index contributed by atoms with van der Waals surface area (Å²) in [5, 5.41) is 7.04. The Kier molecular flexibility index (Phi) is 3.45. The third kappa shape index (κ3) is 1.82. The van der Waals surface area contributed by atoms with Gasteiger partial charge in [-0.3, -0.25) is 0 Å². The first-order valence-electron chi connectivity index (χ1n) is 6.30. The Balaban J connectivity index is 2.02. The maximum absolute atomic E-state index is 3.62. The molecule has 0 bridgehead atoms. The van der Waals surface area contributed by atoms with Gasteiger partial charge in [0.1, 0.15) is 0 Å². The van der Waals surface area contributed by atoms with Crippen LogP contribution in [-0.2, 0) is 0 Å². The van der Waals surface area contributed by atoms with Crippen molar-refractivity contribution in [2.75, 3.05) is 13.2 Å². The summed E-state index contributed by atoms with van der Waals surface area (Å²) in [6.45, 7) is 6.93. The summed E-state index contributed by atoms with van der Waals surface area (Å²) in [5.41, 5.74) is 0. The SMILES string of the molecule is CCC1CCC(CC)C1C1CNCN1. The minimum absolute atomic E-state index is 0.757. The standard InChI is InChI=1S/C12H24N2/c1-3-9-5-6-10(4-2)12(9)11-7-13-8-14-11/h9-14H,3-8H2,1-2H3. The molecule has 0 amide bonds. The molecule has 3 atom stereocenters. The molecule has 1 saturated carbocycles. The minimum Gasteiger partial charge on any atom is -0.303 e. The molecule has 1 aliphatic heterocycles. The van der Waals surface area contributed by atoms with Crippen molar-refractivity contribution in [3.63, 3.8) is 0 Å². The summed E-state index contributed by atoms with van der Waals surface area (Å²) in [6.07, 6.45) is 5.69. The molecule has 2 rings (SSSR count). The average molecular weight is 196 g/mol. The molecule has 14 heavy (non-hydrogen) atoms. The molecule has 0 spiro atoms. The molecular weight excluding hydrogens is 172 g/mol. The zero-order valence-electron chi connectivity index (χ0n) is 9.55. The molecule has 1 heterocycles. The van der Waals surface area contributed by atoms with E-state index in [0.29, 0.717) is 0 Å². The summed E-state index contributed by atoms with van der Waals surface area (Å²) < 4.78 is 0. The van der Waals surface area contributed by atoms with Crippen LogP contribution in [0.4, 0.5) is 0 Å². The first kappa shape index (κ1) is 10.4. The molecule has 0 aromatic rings. The largest absolute Gasteiger partial charge is 0.303 e. The van der Waals surface area contributed by atoms with Gasteiger partial charge >= 0.3 is 0 Å². The molecule has 1 saturated heterocycles. The van der Waals surface area contributed by atoms with Crippen molar-refractivity contribution in [2.24, 2.45) is 17.8 Å². The molecule has 0 radical (unpaired) electrons. The van der Waals surface area contributed by atoms with Gasteiger partial charge in [0.2, 0.25) is 0 Å². The zero-order chi connectivity index (χ0) is 9.97. The van der Waals surface area contributed by atoms with E-state index in [-0.39, 0.29) is 0 Å². The van der Waals surface area contributed by atoms with E-state index in [1.165, 1.54) is 32.2 Å². The van der Waals surface area contributed by atoms with Crippen LogP contribution in [0.1, 0.15) is 39.5 Å². The van der Waals surface area contributed by atoms with Crippen molar-refractivity contribution in [3.8, 4) is 0 Å². The van der Waals surface area contributed by atoms with E-state index in [9.17, 15) is 0 Å². The summed E-state index contributed by atoms with van der Waals surface area (Å²) in [4.78, 5) is 0. The summed E-state index contributed by atoms with van der Waals surface area (Å²) in [6, 6.07) is 0.757. The molecule has 2 aliphatic rings. The van der Waals surface area contributed by atoms with E-state index in [0.717, 1.165) is 30.5 Å². The van der Waals surface area contributed by atoms with Crippen LogP contribution < -0.4 is 10.6 Å².